The topological polar surface area (TPSA) is 168 Å². The summed E-state index contributed by atoms with van der Waals surface area (Å²) in [5.74, 6) is 0. The van der Waals surface area contributed by atoms with Crippen LogP contribution in [0.2, 0.25) is 0 Å². The van der Waals surface area contributed by atoms with Gasteiger partial charge in [-0.2, -0.15) is 0 Å². The van der Waals surface area contributed by atoms with Crippen molar-refractivity contribution in [3.63, 3.8) is 0 Å². The van der Waals surface area contributed by atoms with Gasteiger partial charge in [0.05, 0.1) is 13.2 Å². The molecular formula is C13H22O11. The Bertz CT molecular complexity index is 419. The summed E-state index contributed by atoms with van der Waals surface area (Å²) in [7, 11) is 0. The number of hydrogen-bond acceptors (Lipinski definition) is 11. The van der Waals surface area contributed by atoms with Gasteiger partial charge in [-0.15, -0.1) is 0 Å². The Hall–Kier alpha value is -0.440. The summed E-state index contributed by atoms with van der Waals surface area (Å²) in [4.78, 5) is 0. The maximum Gasteiger partial charge on any atom is 0.189 e. The third kappa shape index (κ3) is 3.30. The van der Waals surface area contributed by atoms with Crippen LogP contribution >= 0.6 is 0 Å². The molecule has 0 saturated carbocycles. The molecule has 0 spiro atoms. The molecule has 6 N–H and O–H groups in total. The van der Waals surface area contributed by atoms with Gasteiger partial charge in [0.1, 0.15) is 55.6 Å². The lowest BCUT2D eigenvalue weighted by Crippen LogP contribution is -2.65. The van der Waals surface area contributed by atoms with E-state index in [1.165, 1.54) is 0 Å². The molecular weight excluding hydrogens is 332 g/mol. The number of rotatable bonds is 3. The molecule has 0 radical (unpaired) electrons. The SMILES string of the molecule is OCC1OC(OC2OC3COCOC3C(O)C2O)C(O)C(O)C1O. The average Bonchev–Trinajstić information content (AvgIpc) is 2.59. The van der Waals surface area contributed by atoms with Crippen molar-refractivity contribution in [1.29, 1.82) is 0 Å². The van der Waals surface area contributed by atoms with Gasteiger partial charge in [0.25, 0.3) is 0 Å². The standard InChI is InChI=1S/C13H22O11/c14-1-4-6(15)7(16)9(18)12(22-4)24-13-10(19)8(17)11-5(23-13)2-20-3-21-11/h4-19H,1-3H2. The summed E-state index contributed by atoms with van der Waals surface area (Å²) in [6, 6.07) is 0. The first-order chi connectivity index (χ1) is 11.4. The van der Waals surface area contributed by atoms with Crippen LogP contribution in [-0.2, 0) is 23.7 Å². The van der Waals surface area contributed by atoms with Crippen LogP contribution < -0.4 is 0 Å². The number of aliphatic hydroxyl groups is 6. The second-order valence-corrected chi connectivity index (χ2v) is 5.98. The molecule has 3 fully saturated rings. The van der Waals surface area contributed by atoms with Crippen LogP contribution in [0.1, 0.15) is 0 Å². The zero-order chi connectivity index (χ0) is 17.4. The van der Waals surface area contributed by atoms with Gasteiger partial charge in [-0.1, -0.05) is 0 Å². The highest BCUT2D eigenvalue weighted by atomic mass is 16.8. The number of hydrogen-bond donors (Lipinski definition) is 6. The fourth-order valence-corrected chi connectivity index (χ4v) is 2.96. The van der Waals surface area contributed by atoms with E-state index in [-0.39, 0.29) is 13.4 Å². The molecule has 140 valence electrons. The first-order valence-corrected chi connectivity index (χ1v) is 7.61. The van der Waals surface area contributed by atoms with Crippen LogP contribution in [-0.4, -0.2) is 112 Å². The molecule has 3 heterocycles. The van der Waals surface area contributed by atoms with Gasteiger partial charge in [-0.25, -0.2) is 0 Å². The fourth-order valence-electron chi connectivity index (χ4n) is 2.96. The highest BCUT2D eigenvalue weighted by Gasteiger charge is 2.51. The molecule has 0 bridgehead atoms. The highest BCUT2D eigenvalue weighted by Crippen LogP contribution is 2.30. The van der Waals surface area contributed by atoms with Crippen molar-refractivity contribution in [3.05, 3.63) is 0 Å². The quantitative estimate of drug-likeness (QED) is 0.290. The van der Waals surface area contributed by atoms with Crippen LogP contribution in [0.25, 0.3) is 0 Å². The van der Waals surface area contributed by atoms with E-state index < -0.39 is 68.0 Å². The number of ether oxygens (including phenoxy) is 5. The summed E-state index contributed by atoms with van der Waals surface area (Å²) in [5, 5.41) is 58.8. The Morgan fingerprint density at radius 1 is 0.833 bits per heavy atom. The monoisotopic (exact) mass is 354 g/mol. The highest BCUT2D eigenvalue weighted by molar-refractivity contribution is 4.93. The predicted molar refractivity (Wildman–Crippen MR) is 71.2 cm³/mol. The molecule has 0 aliphatic carbocycles. The van der Waals surface area contributed by atoms with Gasteiger partial charge in [0.15, 0.2) is 12.6 Å². The lowest BCUT2D eigenvalue weighted by Gasteiger charge is -2.46. The molecule has 3 aliphatic rings. The molecule has 3 aliphatic heterocycles. The van der Waals surface area contributed by atoms with Crippen molar-refractivity contribution >= 4 is 0 Å². The van der Waals surface area contributed by atoms with Crippen LogP contribution in [0, 0.1) is 0 Å². The fraction of sp³-hybridized carbons (Fsp3) is 1.00. The molecule has 0 amide bonds. The predicted octanol–water partition coefficient (Wildman–Crippen LogP) is -4.38. The normalized spacial score (nSPS) is 52.8. The average molecular weight is 354 g/mol. The van der Waals surface area contributed by atoms with Crippen LogP contribution in [0.15, 0.2) is 0 Å². The second-order valence-electron chi connectivity index (χ2n) is 5.98. The summed E-state index contributed by atoms with van der Waals surface area (Å²) < 4.78 is 26.2. The van der Waals surface area contributed by atoms with Gasteiger partial charge in [0, 0.05) is 0 Å². The van der Waals surface area contributed by atoms with E-state index in [1.54, 1.807) is 0 Å². The molecule has 3 saturated heterocycles. The van der Waals surface area contributed by atoms with E-state index in [2.05, 4.69) is 0 Å². The molecule has 11 nitrogen and oxygen atoms in total. The molecule has 24 heavy (non-hydrogen) atoms. The first kappa shape index (κ1) is 18.4. The Morgan fingerprint density at radius 3 is 2.21 bits per heavy atom. The minimum Gasteiger partial charge on any atom is -0.394 e. The molecule has 0 aromatic rings. The smallest absolute Gasteiger partial charge is 0.189 e. The van der Waals surface area contributed by atoms with E-state index in [4.69, 9.17) is 28.8 Å². The van der Waals surface area contributed by atoms with Crippen molar-refractivity contribution in [2.45, 2.75) is 61.4 Å². The Morgan fingerprint density at radius 2 is 1.50 bits per heavy atom. The van der Waals surface area contributed by atoms with E-state index >= 15 is 0 Å². The van der Waals surface area contributed by atoms with Crippen LogP contribution in [0.3, 0.4) is 0 Å². The van der Waals surface area contributed by atoms with Gasteiger partial charge in [-0.05, 0) is 0 Å². The van der Waals surface area contributed by atoms with Crippen LogP contribution in [0.4, 0.5) is 0 Å². The maximum absolute atomic E-state index is 10.1. The maximum atomic E-state index is 10.1. The molecule has 10 unspecified atom stereocenters. The lowest BCUT2D eigenvalue weighted by atomic mass is 9.97. The van der Waals surface area contributed by atoms with E-state index in [0.29, 0.717) is 0 Å². The van der Waals surface area contributed by atoms with Crippen molar-refractivity contribution in [1.82, 2.24) is 0 Å². The minimum atomic E-state index is -1.65. The molecule has 3 rings (SSSR count). The summed E-state index contributed by atoms with van der Waals surface area (Å²) in [5.41, 5.74) is 0. The largest absolute Gasteiger partial charge is 0.394 e. The van der Waals surface area contributed by atoms with Crippen molar-refractivity contribution in [2.24, 2.45) is 0 Å². The van der Waals surface area contributed by atoms with Gasteiger partial charge in [-0.3, -0.25) is 0 Å². The number of aliphatic hydroxyl groups excluding tert-OH is 6. The first-order valence-electron chi connectivity index (χ1n) is 7.61. The van der Waals surface area contributed by atoms with Gasteiger partial charge >= 0.3 is 0 Å². The summed E-state index contributed by atoms with van der Waals surface area (Å²) in [6.45, 7) is -0.538. The van der Waals surface area contributed by atoms with Crippen molar-refractivity contribution in [3.8, 4) is 0 Å². The Balaban J connectivity index is 1.68. The van der Waals surface area contributed by atoms with Crippen LogP contribution in [0.5, 0.6) is 0 Å². The third-order valence-electron chi connectivity index (χ3n) is 4.38. The van der Waals surface area contributed by atoms with Crippen molar-refractivity contribution in [2.75, 3.05) is 20.0 Å². The zero-order valence-electron chi connectivity index (χ0n) is 12.6. The van der Waals surface area contributed by atoms with Gasteiger partial charge < -0.3 is 54.3 Å². The number of fused-ring (bicyclic) bond motifs is 1. The van der Waals surface area contributed by atoms with E-state index in [9.17, 15) is 25.5 Å². The second kappa shape index (κ2) is 7.43. The summed E-state index contributed by atoms with van der Waals surface area (Å²) in [6.07, 6.45) is -13.2. The Kier molecular flexibility index (Phi) is 5.68. The molecule has 0 aromatic heterocycles. The molecule has 10 atom stereocenters. The van der Waals surface area contributed by atoms with Gasteiger partial charge in [0.2, 0.25) is 0 Å². The minimum absolute atomic E-state index is 0.0352. The van der Waals surface area contributed by atoms with E-state index in [1.807, 2.05) is 0 Å². The molecule has 0 aromatic carbocycles. The summed E-state index contributed by atoms with van der Waals surface area (Å²) >= 11 is 0. The lowest BCUT2D eigenvalue weighted by molar-refractivity contribution is -0.389. The van der Waals surface area contributed by atoms with E-state index in [0.717, 1.165) is 0 Å². The molecule has 11 heteroatoms. The Labute approximate surface area is 136 Å². The zero-order valence-corrected chi connectivity index (χ0v) is 12.6. The van der Waals surface area contributed by atoms with Crippen molar-refractivity contribution < 1.29 is 54.3 Å². The third-order valence-corrected chi connectivity index (χ3v) is 4.38.